The number of nitrogens with zero attached hydrogens (tertiary/aromatic N) is 2. The third-order valence-corrected chi connectivity index (χ3v) is 6.07. The lowest BCUT2D eigenvalue weighted by atomic mass is 9.86. The first-order chi connectivity index (χ1) is 15.6. The van der Waals surface area contributed by atoms with Crippen molar-refractivity contribution in [3.63, 3.8) is 0 Å². The summed E-state index contributed by atoms with van der Waals surface area (Å²) in [5.41, 5.74) is 8.87. The van der Waals surface area contributed by atoms with Crippen LogP contribution in [0.2, 0.25) is 0 Å². The number of hydrogen-bond donors (Lipinski definition) is 1. The number of rotatable bonds is 6. The molecule has 0 amide bonds. The molecule has 0 atom stereocenters. The Morgan fingerprint density at radius 3 is 2.47 bits per heavy atom. The molecule has 1 N–H and O–H groups in total. The van der Waals surface area contributed by atoms with Crippen molar-refractivity contribution in [1.29, 1.82) is 5.26 Å². The molecule has 5 heteroatoms. The molecule has 0 saturated carbocycles. The van der Waals surface area contributed by atoms with E-state index < -0.39 is 5.97 Å². The van der Waals surface area contributed by atoms with Gasteiger partial charge in [0.1, 0.15) is 6.07 Å². The Labute approximate surface area is 190 Å². The number of aliphatic carboxylic acids is 1. The fourth-order valence-electron chi connectivity index (χ4n) is 3.84. The molecule has 0 unspecified atom stereocenters. The lowest BCUT2D eigenvalue weighted by molar-refractivity contribution is -0.131. The average Bonchev–Trinajstić information content (AvgIpc) is 3.30. The molecule has 1 heterocycles. The monoisotopic (exact) mass is 436 g/mol. The van der Waals surface area contributed by atoms with E-state index in [9.17, 15) is 10.1 Å². The fourth-order valence-corrected chi connectivity index (χ4v) is 4.52. The van der Waals surface area contributed by atoms with Gasteiger partial charge in [-0.15, -0.1) is 11.3 Å². The maximum atomic E-state index is 10.8. The molecule has 0 bridgehead atoms. The van der Waals surface area contributed by atoms with Gasteiger partial charge in [-0.25, -0.2) is 9.78 Å². The van der Waals surface area contributed by atoms with Crippen LogP contribution in [0, 0.1) is 11.3 Å². The third-order valence-electron chi connectivity index (χ3n) is 5.28. The van der Waals surface area contributed by atoms with E-state index in [4.69, 9.17) is 5.11 Å². The zero-order valence-corrected chi connectivity index (χ0v) is 18.3. The molecule has 32 heavy (non-hydrogen) atoms. The summed E-state index contributed by atoms with van der Waals surface area (Å²) in [6.45, 7) is 2.11. The minimum Gasteiger partial charge on any atom is -0.478 e. The average molecular weight is 437 g/mol. The van der Waals surface area contributed by atoms with Gasteiger partial charge >= 0.3 is 5.97 Å². The molecule has 0 aliphatic carbocycles. The summed E-state index contributed by atoms with van der Waals surface area (Å²) in [6, 6.07) is 24.3. The second-order valence-electron chi connectivity index (χ2n) is 7.17. The van der Waals surface area contributed by atoms with Gasteiger partial charge in [-0.2, -0.15) is 5.26 Å². The minimum atomic E-state index is -0.984. The second kappa shape index (κ2) is 9.42. The van der Waals surface area contributed by atoms with E-state index in [-0.39, 0.29) is 0 Å². The predicted octanol–water partition coefficient (Wildman–Crippen LogP) is 6.63. The summed E-state index contributed by atoms with van der Waals surface area (Å²) in [6.07, 6.45) is 3.46. The first-order valence-corrected chi connectivity index (χ1v) is 11.1. The van der Waals surface area contributed by atoms with E-state index in [1.54, 1.807) is 11.6 Å². The number of benzene rings is 3. The number of carboxylic acid groups (broad SMARTS) is 1. The van der Waals surface area contributed by atoms with E-state index in [0.29, 0.717) is 5.56 Å². The van der Waals surface area contributed by atoms with E-state index >= 15 is 0 Å². The standard InChI is InChI=1S/C27H20N2O2S/c1-2-21(19-6-4-3-5-7-19)26(20-11-8-18(9-12-20)10-15-25(30)31)22-13-14-24-27(23(22)16-28)29-17-32-24/h3-15,17H,2H2,1H3,(H,30,31)/b15-10+,26-21+. The van der Waals surface area contributed by atoms with Gasteiger partial charge in [0, 0.05) is 11.6 Å². The van der Waals surface area contributed by atoms with Gasteiger partial charge in [0.15, 0.2) is 0 Å². The van der Waals surface area contributed by atoms with E-state index in [0.717, 1.165) is 56.1 Å². The number of allylic oxidation sites excluding steroid dienone is 1. The van der Waals surface area contributed by atoms with Gasteiger partial charge < -0.3 is 5.11 Å². The van der Waals surface area contributed by atoms with Gasteiger partial charge in [-0.05, 0) is 46.4 Å². The van der Waals surface area contributed by atoms with Crippen LogP contribution in [0.1, 0.15) is 41.2 Å². The van der Waals surface area contributed by atoms with Crippen molar-refractivity contribution in [2.75, 3.05) is 0 Å². The summed E-state index contributed by atoms with van der Waals surface area (Å²) in [5, 5.41) is 18.9. The molecule has 0 aliphatic heterocycles. The van der Waals surface area contributed by atoms with Crippen LogP contribution in [-0.4, -0.2) is 16.1 Å². The van der Waals surface area contributed by atoms with Gasteiger partial charge in [0.25, 0.3) is 0 Å². The third kappa shape index (κ3) is 4.22. The van der Waals surface area contributed by atoms with Crippen LogP contribution in [0.25, 0.3) is 27.4 Å². The number of nitriles is 1. The molecular formula is C27H20N2O2S. The van der Waals surface area contributed by atoms with Gasteiger partial charge in [0.2, 0.25) is 0 Å². The maximum absolute atomic E-state index is 10.8. The van der Waals surface area contributed by atoms with Crippen molar-refractivity contribution < 1.29 is 9.90 Å². The zero-order valence-electron chi connectivity index (χ0n) is 17.4. The van der Waals surface area contributed by atoms with Crippen molar-refractivity contribution in [2.24, 2.45) is 0 Å². The minimum absolute atomic E-state index is 0.565. The summed E-state index contributed by atoms with van der Waals surface area (Å²) in [5.74, 6) is -0.984. The molecular weight excluding hydrogens is 416 g/mol. The molecule has 4 rings (SSSR count). The number of carbonyl (C=O) groups is 1. The largest absolute Gasteiger partial charge is 0.478 e. The predicted molar refractivity (Wildman–Crippen MR) is 130 cm³/mol. The van der Waals surface area contributed by atoms with Crippen LogP contribution < -0.4 is 0 Å². The Hall–Kier alpha value is -4.01. The Kier molecular flexibility index (Phi) is 6.25. The van der Waals surface area contributed by atoms with Crippen LogP contribution in [0.15, 0.2) is 78.3 Å². The van der Waals surface area contributed by atoms with Gasteiger partial charge in [-0.1, -0.05) is 67.6 Å². The highest BCUT2D eigenvalue weighted by atomic mass is 32.1. The highest BCUT2D eigenvalue weighted by Gasteiger charge is 2.19. The van der Waals surface area contributed by atoms with E-state index in [2.05, 4.69) is 30.1 Å². The normalized spacial score (nSPS) is 12.0. The lowest BCUT2D eigenvalue weighted by Gasteiger charge is -2.18. The Balaban J connectivity index is 1.98. The van der Waals surface area contributed by atoms with Crippen molar-refractivity contribution in [3.05, 3.63) is 106 Å². The van der Waals surface area contributed by atoms with Crippen LogP contribution in [0.4, 0.5) is 0 Å². The Morgan fingerprint density at radius 2 is 1.81 bits per heavy atom. The van der Waals surface area contributed by atoms with Crippen LogP contribution in [0.5, 0.6) is 0 Å². The number of fused-ring (bicyclic) bond motifs is 1. The molecule has 0 radical (unpaired) electrons. The number of carboxylic acids is 1. The Bertz CT molecular complexity index is 1370. The van der Waals surface area contributed by atoms with Crippen molar-refractivity contribution >= 4 is 44.7 Å². The number of hydrogen-bond acceptors (Lipinski definition) is 4. The highest BCUT2D eigenvalue weighted by Crippen LogP contribution is 2.38. The molecule has 4 aromatic rings. The van der Waals surface area contributed by atoms with Crippen molar-refractivity contribution in [2.45, 2.75) is 13.3 Å². The quantitative estimate of drug-likeness (QED) is 0.272. The molecule has 1 aromatic heterocycles. The smallest absolute Gasteiger partial charge is 0.328 e. The molecule has 3 aromatic carbocycles. The van der Waals surface area contributed by atoms with Crippen LogP contribution >= 0.6 is 11.3 Å². The second-order valence-corrected chi connectivity index (χ2v) is 8.05. The molecule has 4 nitrogen and oxygen atoms in total. The lowest BCUT2D eigenvalue weighted by Crippen LogP contribution is -1.98. The van der Waals surface area contributed by atoms with Crippen LogP contribution in [0.3, 0.4) is 0 Å². The fraction of sp³-hybridized carbons (Fsp3) is 0.0741. The summed E-state index contributed by atoms with van der Waals surface area (Å²) in [4.78, 5) is 15.3. The maximum Gasteiger partial charge on any atom is 0.328 e. The van der Waals surface area contributed by atoms with E-state index in [1.807, 2.05) is 54.6 Å². The highest BCUT2D eigenvalue weighted by molar-refractivity contribution is 7.16. The number of aromatic nitrogens is 1. The molecule has 0 fully saturated rings. The van der Waals surface area contributed by atoms with Gasteiger partial charge in [-0.3, -0.25) is 0 Å². The van der Waals surface area contributed by atoms with Crippen molar-refractivity contribution in [1.82, 2.24) is 4.98 Å². The van der Waals surface area contributed by atoms with E-state index in [1.165, 1.54) is 11.3 Å². The van der Waals surface area contributed by atoms with Crippen molar-refractivity contribution in [3.8, 4) is 6.07 Å². The summed E-state index contributed by atoms with van der Waals surface area (Å²) < 4.78 is 0.983. The molecule has 0 aliphatic rings. The summed E-state index contributed by atoms with van der Waals surface area (Å²) in [7, 11) is 0. The number of thiazole rings is 1. The zero-order chi connectivity index (χ0) is 22.5. The molecule has 0 saturated heterocycles. The van der Waals surface area contributed by atoms with Gasteiger partial charge in [0.05, 0.1) is 21.3 Å². The first-order valence-electron chi connectivity index (χ1n) is 10.2. The summed E-state index contributed by atoms with van der Waals surface area (Å²) >= 11 is 1.52. The first kappa shape index (κ1) is 21.2. The Morgan fingerprint density at radius 1 is 1.06 bits per heavy atom. The SMILES string of the molecule is CC/C(=C(/c1ccc(/C=C/C(=O)O)cc1)c1ccc2scnc2c1C#N)c1ccccc1. The topological polar surface area (TPSA) is 74.0 Å². The van der Waals surface area contributed by atoms with Crippen LogP contribution in [-0.2, 0) is 4.79 Å². The molecule has 0 spiro atoms. The molecule has 156 valence electrons.